The van der Waals surface area contributed by atoms with Gasteiger partial charge in [-0.1, -0.05) is 18.2 Å². The molecule has 0 radical (unpaired) electrons. The van der Waals surface area contributed by atoms with E-state index >= 15 is 0 Å². The third-order valence-electron chi connectivity index (χ3n) is 4.76. The Labute approximate surface area is 138 Å². The standard InChI is InChI=1S/C20H25FN2/c1-15-6-7-20(12-16(15)2)22-19-8-10-23(11-9-19)14-17-4-3-5-18(21)13-17/h3-7,12-13,19,22H,8-11,14H2,1-2H3. The van der Waals surface area contributed by atoms with Gasteiger partial charge in [0.05, 0.1) is 0 Å². The fourth-order valence-electron chi connectivity index (χ4n) is 3.20. The average Bonchev–Trinajstić information content (AvgIpc) is 2.53. The van der Waals surface area contributed by atoms with Crippen LogP contribution in [-0.4, -0.2) is 24.0 Å². The van der Waals surface area contributed by atoms with Crippen molar-refractivity contribution in [1.82, 2.24) is 4.90 Å². The van der Waals surface area contributed by atoms with Crippen LogP contribution < -0.4 is 5.32 Å². The fraction of sp³-hybridized carbons (Fsp3) is 0.400. The van der Waals surface area contributed by atoms with E-state index in [1.807, 2.05) is 6.07 Å². The Morgan fingerprint density at radius 3 is 2.52 bits per heavy atom. The molecule has 1 N–H and O–H groups in total. The maximum absolute atomic E-state index is 13.3. The summed E-state index contributed by atoms with van der Waals surface area (Å²) < 4.78 is 13.3. The molecule has 1 aliphatic rings. The van der Waals surface area contributed by atoms with Gasteiger partial charge in [0.2, 0.25) is 0 Å². The van der Waals surface area contributed by atoms with Gasteiger partial charge in [-0.25, -0.2) is 4.39 Å². The van der Waals surface area contributed by atoms with Crippen molar-refractivity contribution in [3.05, 3.63) is 65.0 Å². The van der Waals surface area contributed by atoms with Crippen LogP contribution in [0.5, 0.6) is 0 Å². The molecule has 0 saturated carbocycles. The van der Waals surface area contributed by atoms with Gasteiger partial charge in [-0.3, -0.25) is 4.90 Å². The number of nitrogens with zero attached hydrogens (tertiary/aromatic N) is 1. The van der Waals surface area contributed by atoms with Crippen molar-refractivity contribution < 1.29 is 4.39 Å². The molecule has 3 rings (SSSR count). The highest BCUT2D eigenvalue weighted by Gasteiger charge is 2.19. The van der Waals surface area contributed by atoms with E-state index in [1.165, 1.54) is 22.9 Å². The topological polar surface area (TPSA) is 15.3 Å². The van der Waals surface area contributed by atoms with Crippen LogP contribution in [0.4, 0.5) is 10.1 Å². The summed E-state index contributed by atoms with van der Waals surface area (Å²) >= 11 is 0. The molecule has 0 spiro atoms. The molecule has 2 aromatic carbocycles. The summed E-state index contributed by atoms with van der Waals surface area (Å²) in [7, 11) is 0. The molecule has 23 heavy (non-hydrogen) atoms. The molecule has 0 amide bonds. The van der Waals surface area contributed by atoms with Crippen molar-refractivity contribution in [3.63, 3.8) is 0 Å². The van der Waals surface area contributed by atoms with E-state index in [9.17, 15) is 4.39 Å². The third-order valence-corrected chi connectivity index (χ3v) is 4.76. The summed E-state index contributed by atoms with van der Waals surface area (Å²) in [6, 6.07) is 14.0. The van der Waals surface area contributed by atoms with Gasteiger partial charge in [-0.15, -0.1) is 0 Å². The lowest BCUT2D eigenvalue weighted by Gasteiger charge is -2.33. The van der Waals surface area contributed by atoms with Gasteiger partial charge in [0.15, 0.2) is 0 Å². The number of nitrogens with one attached hydrogen (secondary N) is 1. The number of likely N-dealkylation sites (tertiary alicyclic amines) is 1. The van der Waals surface area contributed by atoms with Crippen molar-refractivity contribution in [3.8, 4) is 0 Å². The lowest BCUT2D eigenvalue weighted by Crippen LogP contribution is -2.38. The van der Waals surface area contributed by atoms with Crippen molar-refractivity contribution in [2.24, 2.45) is 0 Å². The Hall–Kier alpha value is -1.87. The number of piperidine rings is 1. The molecule has 0 unspecified atom stereocenters. The van der Waals surface area contributed by atoms with Crippen LogP contribution in [0, 0.1) is 19.7 Å². The van der Waals surface area contributed by atoms with Crippen LogP contribution in [0.25, 0.3) is 0 Å². The summed E-state index contributed by atoms with van der Waals surface area (Å²) in [5.74, 6) is -0.145. The van der Waals surface area contributed by atoms with E-state index in [2.05, 4.69) is 42.3 Å². The molecule has 0 aliphatic carbocycles. The van der Waals surface area contributed by atoms with E-state index in [0.717, 1.165) is 38.0 Å². The first-order valence-electron chi connectivity index (χ1n) is 8.41. The summed E-state index contributed by atoms with van der Waals surface area (Å²) in [5.41, 5.74) is 4.95. The summed E-state index contributed by atoms with van der Waals surface area (Å²) in [4.78, 5) is 2.41. The highest BCUT2D eigenvalue weighted by atomic mass is 19.1. The number of benzene rings is 2. The van der Waals surface area contributed by atoms with Gasteiger partial charge >= 0.3 is 0 Å². The van der Waals surface area contributed by atoms with Gasteiger partial charge in [-0.05, 0) is 67.6 Å². The number of hydrogen-bond acceptors (Lipinski definition) is 2. The van der Waals surface area contributed by atoms with Crippen LogP contribution in [0.3, 0.4) is 0 Å². The van der Waals surface area contributed by atoms with Gasteiger partial charge in [0, 0.05) is 31.4 Å². The number of aryl methyl sites for hydroxylation is 2. The molecule has 122 valence electrons. The molecule has 0 atom stereocenters. The second kappa shape index (κ2) is 7.14. The first kappa shape index (κ1) is 16.0. The predicted molar refractivity (Wildman–Crippen MR) is 94.2 cm³/mol. The second-order valence-electron chi connectivity index (χ2n) is 6.62. The predicted octanol–water partition coefficient (Wildman–Crippen LogP) is 4.52. The molecule has 2 aromatic rings. The largest absolute Gasteiger partial charge is 0.382 e. The molecular weight excluding hydrogens is 287 g/mol. The number of halogens is 1. The minimum Gasteiger partial charge on any atom is -0.382 e. The molecule has 1 saturated heterocycles. The lowest BCUT2D eigenvalue weighted by molar-refractivity contribution is 0.211. The van der Waals surface area contributed by atoms with Crippen molar-refractivity contribution in [2.45, 2.75) is 39.3 Å². The van der Waals surface area contributed by atoms with E-state index in [-0.39, 0.29) is 5.82 Å². The minimum atomic E-state index is -0.145. The minimum absolute atomic E-state index is 0.145. The Morgan fingerprint density at radius 1 is 1.04 bits per heavy atom. The fourth-order valence-corrected chi connectivity index (χ4v) is 3.20. The third kappa shape index (κ3) is 4.32. The van der Waals surface area contributed by atoms with E-state index in [0.29, 0.717) is 6.04 Å². The number of rotatable bonds is 4. The zero-order chi connectivity index (χ0) is 16.2. The maximum Gasteiger partial charge on any atom is 0.123 e. The molecule has 0 bridgehead atoms. The smallest absolute Gasteiger partial charge is 0.123 e. The number of hydrogen-bond donors (Lipinski definition) is 1. The summed E-state index contributed by atoms with van der Waals surface area (Å²) in [6.07, 6.45) is 2.25. The van der Waals surface area contributed by atoms with Crippen LogP contribution in [0.15, 0.2) is 42.5 Å². The van der Waals surface area contributed by atoms with Crippen molar-refractivity contribution in [1.29, 1.82) is 0 Å². The van der Waals surface area contributed by atoms with E-state index < -0.39 is 0 Å². The first-order chi connectivity index (χ1) is 11.1. The zero-order valence-corrected chi connectivity index (χ0v) is 14.0. The highest BCUT2D eigenvalue weighted by Crippen LogP contribution is 2.20. The van der Waals surface area contributed by atoms with Crippen LogP contribution in [-0.2, 0) is 6.54 Å². The Kier molecular flexibility index (Phi) is 4.97. The molecule has 1 heterocycles. The van der Waals surface area contributed by atoms with Gasteiger partial charge in [0.1, 0.15) is 5.82 Å². The van der Waals surface area contributed by atoms with Gasteiger partial charge < -0.3 is 5.32 Å². The highest BCUT2D eigenvalue weighted by molar-refractivity contribution is 5.48. The molecule has 3 heteroatoms. The second-order valence-corrected chi connectivity index (χ2v) is 6.62. The van der Waals surface area contributed by atoms with Crippen molar-refractivity contribution >= 4 is 5.69 Å². The summed E-state index contributed by atoms with van der Waals surface area (Å²) in [5, 5.41) is 3.66. The van der Waals surface area contributed by atoms with Crippen LogP contribution in [0.2, 0.25) is 0 Å². The maximum atomic E-state index is 13.3. The molecule has 2 nitrogen and oxygen atoms in total. The monoisotopic (exact) mass is 312 g/mol. The molecule has 1 fully saturated rings. The number of anilines is 1. The molecule has 0 aromatic heterocycles. The average molecular weight is 312 g/mol. The molecule has 1 aliphatic heterocycles. The van der Waals surface area contributed by atoms with E-state index in [1.54, 1.807) is 12.1 Å². The Balaban J connectivity index is 1.51. The van der Waals surface area contributed by atoms with Crippen LogP contribution in [0.1, 0.15) is 29.5 Å². The Morgan fingerprint density at radius 2 is 1.83 bits per heavy atom. The normalized spacial score (nSPS) is 16.5. The Bertz CT molecular complexity index is 660. The van der Waals surface area contributed by atoms with Crippen molar-refractivity contribution in [2.75, 3.05) is 18.4 Å². The SMILES string of the molecule is Cc1ccc(NC2CCN(Cc3cccc(F)c3)CC2)cc1C. The molecular formula is C20H25FN2. The van der Waals surface area contributed by atoms with Crippen LogP contribution >= 0.6 is 0 Å². The summed E-state index contributed by atoms with van der Waals surface area (Å²) in [6.45, 7) is 7.25. The first-order valence-corrected chi connectivity index (χ1v) is 8.41. The van der Waals surface area contributed by atoms with Gasteiger partial charge in [0.25, 0.3) is 0 Å². The quantitative estimate of drug-likeness (QED) is 0.893. The van der Waals surface area contributed by atoms with E-state index in [4.69, 9.17) is 0 Å². The lowest BCUT2D eigenvalue weighted by atomic mass is 10.0. The van der Waals surface area contributed by atoms with Gasteiger partial charge in [-0.2, -0.15) is 0 Å². The zero-order valence-electron chi connectivity index (χ0n) is 14.0.